The molecule has 2 heterocycles. The van der Waals surface area contributed by atoms with Crippen molar-refractivity contribution in [1.29, 1.82) is 0 Å². The lowest BCUT2D eigenvalue weighted by molar-refractivity contribution is -0.118. The highest BCUT2D eigenvalue weighted by Crippen LogP contribution is 2.37. The molecule has 1 amide bonds. The molecule has 4 rings (SSSR count). The van der Waals surface area contributed by atoms with Gasteiger partial charge in [-0.3, -0.25) is 9.69 Å². The summed E-state index contributed by atoms with van der Waals surface area (Å²) in [6, 6.07) is 10.3. The van der Waals surface area contributed by atoms with Gasteiger partial charge < -0.3 is 19.9 Å². The summed E-state index contributed by atoms with van der Waals surface area (Å²) in [5, 5.41) is 13.0. The maximum atomic E-state index is 13.2. The summed E-state index contributed by atoms with van der Waals surface area (Å²) in [5.74, 6) is 0.644. The molecule has 0 unspecified atom stereocenters. The smallest absolute Gasteiger partial charge is 0.262 e. The number of sulfonamides is 1. The normalized spacial score (nSPS) is 18.2. The minimum atomic E-state index is -3.85. The van der Waals surface area contributed by atoms with E-state index in [2.05, 4.69) is 5.32 Å². The Balaban J connectivity index is 1.32. The van der Waals surface area contributed by atoms with Crippen molar-refractivity contribution >= 4 is 33.2 Å². The van der Waals surface area contributed by atoms with Crippen LogP contribution in [0.3, 0.4) is 0 Å². The number of carbonyl (C=O) groups is 1. The number of ether oxygens (including phenoxy) is 2. The maximum Gasteiger partial charge on any atom is 0.262 e. The zero-order chi connectivity index (χ0) is 23.6. The SMILES string of the molecule is Cc1ccc(OC[C@@H](O)CN2CCN(S(=O)(=O)c3cc4c(cc3Cl)NC(=O)CO4)CC2)cc1. The quantitative estimate of drug-likeness (QED) is 0.602. The minimum absolute atomic E-state index is 0.0191. The highest BCUT2D eigenvalue weighted by Gasteiger charge is 2.32. The van der Waals surface area contributed by atoms with Gasteiger partial charge in [0.2, 0.25) is 10.0 Å². The van der Waals surface area contributed by atoms with Gasteiger partial charge in [0.25, 0.3) is 5.91 Å². The summed E-state index contributed by atoms with van der Waals surface area (Å²) in [6.07, 6.45) is -0.697. The average molecular weight is 496 g/mol. The van der Waals surface area contributed by atoms with Crippen molar-refractivity contribution in [3.63, 3.8) is 0 Å². The minimum Gasteiger partial charge on any atom is -0.491 e. The third kappa shape index (κ3) is 5.59. The fraction of sp³-hybridized carbons (Fsp3) is 0.409. The highest BCUT2D eigenvalue weighted by molar-refractivity contribution is 7.89. The van der Waals surface area contributed by atoms with Gasteiger partial charge in [0.1, 0.15) is 29.1 Å². The number of aryl methyl sites for hydroxylation is 1. The molecule has 2 N–H and O–H groups in total. The van der Waals surface area contributed by atoms with Crippen molar-refractivity contribution in [3.05, 3.63) is 47.0 Å². The standard InChI is InChI=1S/C22H26ClN3O6S/c1-15-2-4-17(5-3-15)31-13-16(27)12-25-6-8-26(9-7-25)33(29,30)21-11-20-19(10-18(21)23)24-22(28)14-32-20/h2-5,10-11,16,27H,6-9,12-14H2,1H3,(H,24,28)/t16-/m0/s1. The number of rotatable bonds is 7. The van der Waals surface area contributed by atoms with E-state index in [-0.39, 0.29) is 47.9 Å². The first-order chi connectivity index (χ1) is 15.7. The largest absolute Gasteiger partial charge is 0.491 e. The number of nitrogens with one attached hydrogen (secondary N) is 1. The molecule has 0 aliphatic carbocycles. The molecule has 0 radical (unpaired) electrons. The second-order valence-electron chi connectivity index (χ2n) is 8.10. The zero-order valence-electron chi connectivity index (χ0n) is 18.2. The number of nitrogens with zero attached hydrogens (tertiary/aromatic N) is 2. The number of aliphatic hydroxyl groups is 1. The van der Waals surface area contributed by atoms with Crippen LogP contribution in [-0.2, 0) is 14.8 Å². The summed E-state index contributed by atoms with van der Waals surface area (Å²) < 4.78 is 38.7. The molecule has 0 saturated carbocycles. The number of anilines is 1. The second kappa shape index (κ2) is 9.86. The van der Waals surface area contributed by atoms with E-state index in [0.29, 0.717) is 31.1 Å². The third-order valence-electron chi connectivity index (χ3n) is 5.55. The molecule has 2 aliphatic rings. The van der Waals surface area contributed by atoms with Gasteiger partial charge in [0.05, 0.1) is 10.7 Å². The van der Waals surface area contributed by atoms with Crippen molar-refractivity contribution in [2.24, 2.45) is 0 Å². The zero-order valence-corrected chi connectivity index (χ0v) is 19.7. The van der Waals surface area contributed by atoms with E-state index in [9.17, 15) is 18.3 Å². The van der Waals surface area contributed by atoms with Gasteiger partial charge in [-0.05, 0) is 25.1 Å². The number of halogens is 1. The van der Waals surface area contributed by atoms with E-state index in [1.165, 1.54) is 16.4 Å². The number of carbonyl (C=O) groups excluding carboxylic acids is 1. The molecule has 0 bridgehead atoms. The monoisotopic (exact) mass is 495 g/mol. The van der Waals surface area contributed by atoms with Crippen LogP contribution in [0.1, 0.15) is 5.56 Å². The average Bonchev–Trinajstić information content (AvgIpc) is 2.78. The molecule has 9 nitrogen and oxygen atoms in total. The lowest BCUT2D eigenvalue weighted by Gasteiger charge is -2.35. The van der Waals surface area contributed by atoms with Crippen LogP contribution in [0.4, 0.5) is 5.69 Å². The van der Waals surface area contributed by atoms with Crippen LogP contribution in [-0.4, -0.2) is 80.7 Å². The van der Waals surface area contributed by atoms with E-state index in [1.54, 1.807) is 0 Å². The van der Waals surface area contributed by atoms with E-state index >= 15 is 0 Å². The van der Waals surface area contributed by atoms with E-state index < -0.39 is 16.1 Å². The first-order valence-electron chi connectivity index (χ1n) is 10.6. The number of aliphatic hydroxyl groups excluding tert-OH is 1. The van der Waals surface area contributed by atoms with E-state index in [0.717, 1.165) is 5.56 Å². The highest BCUT2D eigenvalue weighted by atomic mass is 35.5. The van der Waals surface area contributed by atoms with Gasteiger partial charge in [-0.25, -0.2) is 8.42 Å². The first kappa shape index (κ1) is 23.8. The molecule has 178 valence electrons. The molecule has 0 aromatic heterocycles. The molecule has 2 aliphatic heterocycles. The fourth-order valence-corrected chi connectivity index (χ4v) is 5.69. The van der Waals surface area contributed by atoms with E-state index in [1.807, 2.05) is 36.1 Å². The third-order valence-corrected chi connectivity index (χ3v) is 7.91. The lowest BCUT2D eigenvalue weighted by Crippen LogP contribution is -2.50. The first-order valence-corrected chi connectivity index (χ1v) is 12.4. The Morgan fingerprint density at radius 3 is 2.58 bits per heavy atom. The second-order valence-corrected chi connectivity index (χ2v) is 10.4. The van der Waals surface area contributed by atoms with Crippen LogP contribution < -0.4 is 14.8 Å². The Kier molecular flexibility index (Phi) is 7.10. The molecule has 2 aromatic carbocycles. The van der Waals surface area contributed by atoms with Crippen LogP contribution in [0.15, 0.2) is 41.3 Å². The molecule has 1 fully saturated rings. The van der Waals surface area contributed by atoms with Gasteiger partial charge >= 0.3 is 0 Å². The van der Waals surface area contributed by atoms with Crippen molar-refractivity contribution in [1.82, 2.24) is 9.21 Å². The Bertz CT molecular complexity index is 1120. The number of β-amino-alcohol motifs (C(OH)–C–C–N with tert-alkyl or cyclic N) is 1. The topological polar surface area (TPSA) is 108 Å². The summed E-state index contributed by atoms with van der Waals surface area (Å²) >= 11 is 6.23. The summed E-state index contributed by atoms with van der Waals surface area (Å²) in [5.41, 5.74) is 1.48. The summed E-state index contributed by atoms with van der Waals surface area (Å²) in [7, 11) is -3.85. The van der Waals surface area contributed by atoms with Gasteiger partial charge in [-0.15, -0.1) is 0 Å². The lowest BCUT2D eigenvalue weighted by atomic mass is 10.2. The van der Waals surface area contributed by atoms with Crippen LogP contribution >= 0.6 is 11.6 Å². The Morgan fingerprint density at radius 2 is 1.88 bits per heavy atom. The van der Waals surface area contributed by atoms with Crippen LogP contribution in [0.5, 0.6) is 11.5 Å². The number of amides is 1. The maximum absolute atomic E-state index is 13.2. The van der Waals surface area contributed by atoms with Crippen molar-refractivity contribution in [2.45, 2.75) is 17.9 Å². The van der Waals surface area contributed by atoms with Crippen LogP contribution in [0.25, 0.3) is 0 Å². The molecule has 11 heteroatoms. The Morgan fingerprint density at radius 1 is 1.18 bits per heavy atom. The number of fused-ring (bicyclic) bond motifs is 1. The molecule has 1 atom stereocenters. The molecule has 1 saturated heterocycles. The predicted octanol–water partition coefficient (Wildman–Crippen LogP) is 1.73. The van der Waals surface area contributed by atoms with Crippen molar-refractivity contribution in [2.75, 3.05) is 51.3 Å². The fourth-order valence-electron chi connectivity index (χ4n) is 3.75. The van der Waals surface area contributed by atoms with E-state index in [4.69, 9.17) is 21.1 Å². The number of benzene rings is 2. The molecular weight excluding hydrogens is 470 g/mol. The molecule has 33 heavy (non-hydrogen) atoms. The van der Waals surface area contributed by atoms with Gasteiger partial charge in [0.15, 0.2) is 6.61 Å². The summed E-state index contributed by atoms with van der Waals surface area (Å²) in [4.78, 5) is 13.4. The van der Waals surface area contributed by atoms with Gasteiger partial charge in [0, 0.05) is 38.8 Å². The molecule has 2 aromatic rings. The molecular formula is C22H26ClN3O6S. The van der Waals surface area contributed by atoms with Crippen LogP contribution in [0, 0.1) is 6.92 Å². The predicted molar refractivity (Wildman–Crippen MR) is 123 cm³/mol. The Hall–Kier alpha value is -2.37. The number of hydrogen-bond donors (Lipinski definition) is 2. The Labute approximate surface area is 197 Å². The van der Waals surface area contributed by atoms with Crippen molar-refractivity contribution in [3.8, 4) is 11.5 Å². The van der Waals surface area contributed by atoms with Crippen LogP contribution in [0.2, 0.25) is 5.02 Å². The number of hydrogen-bond acceptors (Lipinski definition) is 7. The number of piperazine rings is 1. The molecule has 0 spiro atoms. The summed E-state index contributed by atoms with van der Waals surface area (Å²) in [6.45, 7) is 3.81. The van der Waals surface area contributed by atoms with Gasteiger partial charge in [-0.1, -0.05) is 29.3 Å². The van der Waals surface area contributed by atoms with Gasteiger partial charge in [-0.2, -0.15) is 4.31 Å². The van der Waals surface area contributed by atoms with Crippen molar-refractivity contribution < 1.29 is 27.8 Å².